The molecule has 1 aromatic rings. The molecule has 116 valence electrons. The first-order valence-electron chi connectivity index (χ1n) is 7.92. The van der Waals surface area contributed by atoms with Crippen LogP contribution >= 0.6 is 11.3 Å². The number of rotatable bonds is 6. The van der Waals surface area contributed by atoms with E-state index in [2.05, 4.69) is 10.0 Å². The minimum Gasteiger partial charge on any atom is -0.312 e. The Morgan fingerprint density at radius 3 is 2.62 bits per heavy atom. The lowest BCUT2D eigenvalue weighted by molar-refractivity contribution is 0.456. The topological polar surface area (TPSA) is 58.2 Å². The summed E-state index contributed by atoms with van der Waals surface area (Å²) in [4.78, 5) is 1.08. The van der Waals surface area contributed by atoms with Crippen molar-refractivity contribution in [2.24, 2.45) is 23.7 Å². The molecule has 0 saturated heterocycles. The fourth-order valence-electron chi connectivity index (χ4n) is 4.57. The van der Waals surface area contributed by atoms with Crippen LogP contribution in [0.4, 0.5) is 0 Å². The molecular formula is C15H22N2O2S2. The number of nitrogens with one attached hydrogen (secondary N) is 2. The van der Waals surface area contributed by atoms with E-state index in [1.54, 1.807) is 6.07 Å². The first kappa shape index (κ1) is 14.2. The molecule has 0 aromatic carbocycles. The molecule has 4 unspecified atom stereocenters. The third-order valence-electron chi connectivity index (χ3n) is 5.48. The Morgan fingerprint density at radius 1 is 1.24 bits per heavy atom. The average Bonchev–Trinajstić information content (AvgIpc) is 2.92. The van der Waals surface area contributed by atoms with Crippen molar-refractivity contribution in [2.75, 3.05) is 6.54 Å². The molecule has 2 N–H and O–H groups in total. The van der Waals surface area contributed by atoms with Gasteiger partial charge in [-0.15, -0.1) is 11.3 Å². The Kier molecular flexibility index (Phi) is 3.41. The highest BCUT2D eigenvalue weighted by atomic mass is 32.2. The summed E-state index contributed by atoms with van der Waals surface area (Å²) in [5.41, 5.74) is 0. The number of hydrogen-bond acceptors (Lipinski definition) is 4. The molecule has 21 heavy (non-hydrogen) atoms. The van der Waals surface area contributed by atoms with Gasteiger partial charge in [0.1, 0.15) is 4.21 Å². The van der Waals surface area contributed by atoms with Gasteiger partial charge in [-0.05, 0) is 61.6 Å². The Hall–Kier alpha value is -0.430. The first-order valence-corrected chi connectivity index (χ1v) is 10.2. The van der Waals surface area contributed by atoms with Crippen molar-refractivity contribution in [2.45, 2.75) is 43.0 Å². The lowest BCUT2D eigenvalue weighted by Crippen LogP contribution is -2.29. The van der Waals surface area contributed by atoms with Crippen LogP contribution in [0.25, 0.3) is 0 Å². The predicted molar refractivity (Wildman–Crippen MR) is 83.6 cm³/mol. The van der Waals surface area contributed by atoms with Crippen molar-refractivity contribution in [3.8, 4) is 0 Å². The summed E-state index contributed by atoms with van der Waals surface area (Å²) < 4.78 is 28.5. The summed E-state index contributed by atoms with van der Waals surface area (Å²) in [6.45, 7) is 3.69. The van der Waals surface area contributed by atoms with Crippen LogP contribution in [0.1, 0.15) is 31.1 Å². The van der Waals surface area contributed by atoms with Crippen molar-refractivity contribution in [1.29, 1.82) is 0 Å². The minimum atomic E-state index is -3.32. The molecule has 4 rings (SSSR count). The molecule has 1 heterocycles. The highest BCUT2D eigenvalue weighted by Gasteiger charge is 2.65. The number of hydrogen-bond donors (Lipinski definition) is 2. The maximum atomic E-state index is 12.5. The smallest absolute Gasteiger partial charge is 0.250 e. The van der Waals surface area contributed by atoms with Crippen LogP contribution in [0.2, 0.25) is 0 Å². The molecule has 4 nitrogen and oxygen atoms in total. The lowest BCUT2D eigenvalue weighted by atomic mass is 10.0. The first-order chi connectivity index (χ1) is 10.1. The van der Waals surface area contributed by atoms with Gasteiger partial charge in [0, 0.05) is 17.5 Å². The van der Waals surface area contributed by atoms with Gasteiger partial charge in [0.05, 0.1) is 0 Å². The van der Waals surface area contributed by atoms with Crippen LogP contribution in [0.3, 0.4) is 0 Å². The largest absolute Gasteiger partial charge is 0.312 e. The molecular weight excluding hydrogens is 304 g/mol. The van der Waals surface area contributed by atoms with Gasteiger partial charge >= 0.3 is 0 Å². The quantitative estimate of drug-likeness (QED) is 0.842. The highest BCUT2D eigenvalue weighted by molar-refractivity contribution is 7.91. The third-order valence-corrected chi connectivity index (χ3v) is 8.51. The predicted octanol–water partition coefficient (Wildman–Crippen LogP) is 2.18. The Bertz CT molecular complexity index is 624. The molecule has 0 radical (unpaired) electrons. The molecule has 1 aromatic heterocycles. The normalized spacial score (nSPS) is 36.9. The van der Waals surface area contributed by atoms with Crippen molar-refractivity contribution in [3.63, 3.8) is 0 Å². The van der Waals surface area contributed by atoms with Gasteiger partial charge in [-0.2, -0.15) is 0 Å². The maximum Gasteiger partial charge on any atom is 0.250 e. The van der Waals surface area contributed by atoms with Gasteiger partial charge in [-0.3, -0.25) is 0 Å². The second-order valence-electron chi connectivity index (χ2n) is 6.64. The summed E-state index contributed by atoms with van der Waals surface area (Å²) in [7, 11) is -3.32. The lowest BCUT2D eigenvalue weighted by Gasteiger charge is -2.10. The molecule has 2 bridgehead atoms. The Labute approximate surface area is 130 Å². The average molecular weight is 326 g/mol. The van der Waals surface area contributed by atoms with Crippen molar-refractivity contribution < 1.29 is 8.42 Å². The third kappa shape index (κ3) is 2.36. The van der Waals surface area contributed by atoms with Gasteiger partial charge in [0.15, 0.2) is 0 Å². The van der Waals surface area contributed by atoms with Crippen LogP contribution < -0.4 is 10.0 Å². The number of sulfonamides is 1. The van der Waals surface area contributed by atoms with E-state index in [-0.39, 0.29) is 6.04 Å². The summed E-state index contributed by atoms with van der Waals surface area (Å²) in [5, 5.41) is 3.23. The Morgan fingerprint density at radius 2 is 1.95 bits per heavy atom. The standard InChI is InChI=1S/C15H22N2O2S2/c1-2-16-8-11-5-6-12(20-11)21(18,19)17-15-13-9-3-4-10(7-9)14(13)15/h5-6,9-10,13-17H,2-4,7-8H2,1H3. The monoisotopic (exact) mass is 326 g/mol. The van der Waals surface area contributed by atoms with Gasteiger partial charge < -0.3 is 5.32 Å². The van der Waals surface area contributed by atoms with Gasteiger partial charge in [-0.1, -0.05) is 6.92 Å². The van der Waals surface area contributed by atoms with Gasteiger partial charge in [0.2, 0.25) is 10.0 Å². The molecule has 4 atom stereocenters. The van der Waals surface area contributed by atoms with E-state index >= 15 is 0 Å². The van der Waals surface area contributed by atoms with Crippen molar-refractivity contribution in [3.05, 3.63) is 17.0 Å². The summed E-state index contributed by atoms with van der Waals surface area (Å²) in [5.74, 6) is 2.86. The van der Waals surface area contributed by atoms with E-state index in [1.165, 1.54) is 30.6 Å². The zero-order valence-electron chi connectivity index (χ0n) is 12.2. The molecule has 3 aliphatic carbocycles. The zero-order valence-corrected chi connectivity index (χ0v) is 13.8. The molecule has 3 saturated carbocycles. The van der Waals surface area contributed by atoms with Crippen LogP contribution in [0, 0.1) is 23.7 Å². The molecule has 3 aliphatic rings. The fourth-order valence-corrected chi connectivity index (χ4v) is 7.21. The second-order valence-corrected chi connectivity index (χ2v) is 9.75. The zero-order chi connectivity index (χ0) is 14.6. The van der Waals surface area contributed by atoms with Crippen LogP contribution in [0.15, 0.2) is 16.3 Å². The minimum absolute atomic E-state index is 0.223. The Balaban J connectivity index is 1.44. The fraction of sp³-hybridized carbons (Fsp3) is 0.733. The van der Waals surface area contributed by atoms with E-state index in [9.17, 15) is 8.42 Å². The molecule has 0 spiro atoms. The van der Waals surface area contributed by atoms with E-state index in [1.807, 2.05) is 13.0 Å². The summed E-state index contributed by atoms with van der Waals surface area (Å²) in [6.07, 6.45) is 3.98. The van der Waals surface area contributed by atoms with Crippen LogP contribution in [-0.4, -0.2) is 21.0 Å². The van der Waals surface area contributed by atoms with Crippen LogP contribution in [-0.2, 0) is 16.6 Å². The summed E-state index contributed by atoms with van der Waals surface area (Å²) >= 11 is 1.38. The van der Waals surface area contributed by atoms with E-state index in [0.29, 0.717) is 16.0 Å². The van der Waals surface area contributed by atoms with Crippen molar-refractivity contribution in [1.82, 2.24) is 10.0 Å². The van der Waals surface area contributed by atoms with E-state index in [0.717, 1.165) is 29.8 Å². The van der Waals surface area contributed by atoms with E-state index in [4.69, 9.17) is 0 Å². The second kappa shape index (κ2) is 5.05. The molecule has 0 amide bonds. The van der Waals surface area contributed by atoms with E-state index < -0.39 is 10.0 Å². The maximum absolute atomic E-state index is 12.5. The number of thiophene rings is 1. The molecule has 6 heteroatoms. The SMILES string of the molecule is CCNCc1ccc(S(=O)(=O)NC2C3C4CCC(C4)C23)s1. The number of fused-ring (bicyclic) bond motifs is 5. The van der Waals surface area contributed by atoms with Crippen LogP contribution in [0.5, 0.6) is 0 Å². The van der Waals surface area contributed by atoms with Gasteiger partial charge in [-0.25, -0.2) is 13.1 Å². The molecule has 0 aliphatic heterocycles. The van der Waals surface area contributed by atoms with Gasteiger partial charge in [0.25, 0.3) is 0 Å². The highest BCUT2D eigenvalue weighted by Crippen LogP contribution is 2.65. The molecule has 3 fully saturated rings. The summed E-state index contributed by atoms with van der Waals surface area (Å²) in [6, 6.07) is 3.88. The van der Waals surface area contributed by atoms with Crippen molar-refractivity contribution >= 4 is 21.4 Å².